The molecule has 1 N–H and O–H groups in total. The summed E-state index contributed by atoms with van der Waals surface area (Å²) in [4.78, 5) is 14.8. The molecule has 1 aliphatic carbocycles. The van der Waals surface area contributed by atoms with Crippen molar-refractivity contribution < 1.29 is 4.79 Å². The van der Waals surface area contributed by atoms with Crippen LogP contribution in [0.1, 0.15) is 17.7 Å². The van der Waals surface area contributed by atoms with Crippen LogP contribution in [0, 0.1) is 0 Å². The summed E-state index contributed by atoms with van der Waals surface area (Å²) < 4.78 is 1.12. The van der Waals surface area contributed by atoms with E-state index < -0.39 is 0 Å². The van der Waals surface area contributed by atoms with Gasteiger partial charge < -0.3 is 10.2 Å². The molecule has 2 rings (SSSR count). The lowest BCUT2D eigenvalue weighted by Gasteiger charge is -2.16. The Labute approximate surface area is 108 Å². The first-order chi connectivity index (χ1) is 7.68. The molecule has 1 fully saturated rings. The van der Waals surface area contributed by atoms with E-state index in [2.05, 4.69) is 21.2 Å². The number of likely N-dealkylation sites (N-methyl/N-ethyl adjacent to an activating group) is 1. The average molecular weight is 303 g/mol. The van der Waals surface area contributed by atoms with Gasteiger partial charge in [-0.1, -0.05) is 0 Å². The molecule has 1 aromatic rings. The third-order valence-corrected chi connectivity index (χ3v) is 4.67. The third-order valence-electron chi connectivity index (χ3n) is 2.74. The number of rotatable bonds is 5. The Bertz CT molecular complexity index is 376. The highest BCUT2D eigenvalue weighted by Crippen LogP contribution is 2.25. The summed E-state index contributed by atoms with van der Waals surface area (Å²) in [5.74, 6) is 0.190. The molecule has 3 nitrogen and oxygen atoms in total. The SMILES string of the molecule is CN(C(=O)CNCc1sccc1Br)C1CC1. The lowest BCUT2D eigenvalue weighted by atomic mass is 10.4. The number of hydrogen-bond acceptors (Lipinski definition) is 3. The lowest BCUT2D eigenvalue weighted by molar-refractivity contribution is -0.129. The fourth-order valence-corrected chi connectivity index (χ4v) is 2.99. The van der Waals surface area contributed by atoms with Crippen molar-refractivity contribution in [1.82, 2.24) is 10.2 Å². The number of halogens is 1. The summed E-state index contributed by atoms with van der Waals surface area (Å²) >= 11 is 5.16. The van der Waals surface area contributed by atoms with E-state index in [4.69, 9.17) is 0 Å². The van der Waals surface area contributed by atoms with Gasteiger partial charge in [0.2, 0.25) is 5.91 Å². The van der Waals surface area contributed by atoms with E-state index in [9.17, 15) is 4.79 Å². The minimum absolute atomic E-state index is 0.190. The van der Waals surface area contributed by atoms with Crippen LogP contribution in [-0.2, 0) is 11.3 Å². The smallest absolute Gasteiger partial charge is 0.236 e. The van der Waals surface area contributed by atoms with Crippen molar-refractivity contribution in [3.05, 3.63) is 20.8 Å². The van der Waals surface area contributed by atoms with Crippen LogP contribution in [0.3, 0.4) is 0 Å². The molecule has 0 unspecified atom stereocenters. The maximum atomic E-state index is 11.7. The van der Waals surface area contributed by atoms with E-state index in [0.717, 1.165) is 11.0 Å². The molecule has 0 spiro atoms. The third kappa shape index (κ3) is 3.06. The van der Waals surface area contributed by atoms with Gasteiger partial charge in [-0.25, -0.2) is 0 Å². The Morgan fingerprint density at radius 2 is 2.44 bits per heavy atom. The minimum atomic E-state index is 0.190. The van der Waals surface area contributed by atoms with Gasteiger partial charge in [-0.3, -0.25) is 4.79 Å². The van der Waals surface area contributed by atoms with Crippen molar-refractivity contribution in [3.8, 4) is 0 Å². The fourth-order valence-electron chi connectivity index (χ4n) is 1.52. The van der Waals surface area contributed by atoms with E-state index in [0.29, 0.717) is 12.6 Å². The van der Waals surface area contributed by atoms with Crippen LogP contribution in [0.15, 0.2) is 15.9 Å². The second-order valence-electron chi connectivity index (χ2n) is 4.03. The molecule has 1 saturated carbocycles. The first-order valence-electron chi connectivity index (χ1n) is 5.36. The number of amides is 1. The zero-order valence-electron chi connectivity index (χ0n) is 9.20. The standard InChI is InChI=1S/C11H15BrN2OS/c1-14(8-2-3-8)11(15)7-13-6-10-9(12)4-5-16-10/h4-5,8,13H,2-3,6-7H2,1H3. The van der Waals surface area contributed by atoms with Gasteiger partial charge in [0.25, 0.3) is 0 Å². The Balaban J connectivity index is 1.71. The van der Waals surface area contributed by atoms with Gasteiger partial charge in [0, 0.05) is 29.0 Å². The van der Waals surface area contributed by atoms with Crippen molar-refractivity contribution in [2.45, 2.75) is 25.4 Å². The molecule has 88 valence electrons. The summed E-state index contributed by atoms with van der Waals surface area (Å²) in [5, 5.41) is 5.22. The van der Waals surface area contributed by atoms with E-state index >= 15 is 0 Å². The maximum Gasteiger partial charge on any atom is 0.236 e. The molecule has 0 saturated heterocycles. The molecular formula is C11H15BrN2OS. The Kier molecular flexibility index (Phi) is 4.00. The molecule has 0 atom stereocenters. The van der Waals surface area contributed by atoms with Crippen molar-refractivity contribution >= 4 is 33.2 Å². The van der Waals surface area contributed by atoms with Gasteiger partial charge >= 0.3 is 0 Å². The molecule has 1 amide bonds. The molecule has 1 aromatic heterocycles. The van der Waals surface area contributed by atoms with Gasteiger partial charge in [-0.05, 0) is 40.2 Å². The molecule has 16 heavy (non-hydrogen) atoms. The van der Waals surface area contributed by atoms with Crippen LogP contribution in [0.25, 0.3) is 0 Å². The van der Waals surface area contributed by atoms with Gasteiger partial charge in [0.15, 0.2) is 0 Å². The first kappa shape index (κ1) is 12.1. The van der Waals surface area contributed by atoms with Crippen molar-refractivity contribution in [1.29, 1.82) is 0 Å². The monoisotopic (exact) mass is 302 g/mol. The Morgan fingerprint density at radius 1 is 1.69 bits per heavy atom. The van der Waals surface area contributed by atoms with Crippen molar-refractivity contribution in [3.63, 3.8) is 0 Å². The number of hydrogen-bond donors (Lipinski definition) is 1. The molecule has 0 radical (unpaired) electrons. The topological polar surface area (TPSA) is 32.3 Å². The second-order valence-corrected chi connectivity index (χ2v) is 5.89. The van der Waals surface area contributed by atoms with Crippen LogP contribution < -0.4 is 5.32 Å². The quantitative estimate of drug-likeness (QED) is 0.904. The highest BCUT2D eigenvalue weighted by atomic mass is 79.9. The molecule has 0 aliphatic heterocycles. The summed E-state index contributed by atoms with van der Waals surface area (Å²) in [6, 6.07) is 2.53. The van der Waals surface area contributed by atoms with Crippen LogP contribution >= 0.6 is 27.3 Å². The number of carbonyl (C=O) groups is 1. The van der Waals surface area contributed by atoms with Gasteiger partial charge in [-0.15, -0.1) is 11.3 Å². The zero-order chi connectivity index (χ0) is 11.5. The minimum Gasteiger partial charge on any atom is -0.342 e. The number of nitrogens with zero attached hydrogens (tertiary/aromatic N) is 1. The highest BCUT2D eigenvalue weighted by molar-refractivity contribution is 9.10. The highest BCUT2D eigenvalue weighted by Gasteiger charge is 2.28. The summed E-state index contributed by atoms with van der Waals surface area (Å²) in [5.41, 5.74) is 0. The zero-order valence-corrected chi connectivity index (χ0v) is 11.6. The van der Waals surface area contributed by atoms with Crippen LogP contribution in [0.5, 0.6) is 0 Å². The van der Waals surface area contributed by atoms with Gasteiger partial charge in [-0.2, -0.15) is 0 Å². The largest absolute Gasteiger partial charge is 0.342 e. The van der Waals surface area contributed by atoms with Crippen LogP contribution in [-0.4, -0.2) is 30.4 Å². The Morgan fingerprint density at radius 3 is 3.00 bits per heavy atom. The number of nitrogens with one attached hydrogen (secondary N) is 1. The molecular weight excluding hydrogens is 288 g/mol. The molecule has 5 heteroatoms. The van der Waals surface area contributed by atoms with Crippen molar-refractivity contribution in [2.24, 2.45) is 0 Å². The lowest BCUT2D eigenvalue weighted by Crippen LogP contribution is -2.36. The summed E-state index contributed by atoms with van der Waals surface area (Å²) in [7, 11) is 1.89. The molecule has 1 heterocycles. The maximum absolute atomic E-state index is 11.7. The van der Waals surface area contributed by atoms with E-state index in [1.54, 1.807) is 11.3 Å². The van der Waals surface area contributed by atoms with Crippen LogP contribution in [0.2, 0.25) is 0 Å². The van der Waals surface area contributed by atoms with E-state index in [1.807, 2.05) is 23.4 Å². The van der Waals surface area contributed by atoms with Gasteiger partial charge in [0.05, 0.1) is 6.54 Å². The predicted molar refractivity (Wildman–Crippen MR) is 69.5 cm³/mol. The fraction of sp³-hybridized carbons (Fsp3) is 0.545. The predicted octanol–water partition coefficient (Wildman–Crippen LogP) is 2.22. The van der Waals surface area contributed by atoms with Crippen LogP contribution in [0.4, 0.5) is 0 Å². The van der Waals surface area contributed by atoms with E-state index in [-0.39, 0.29) is 5.91 Å². The molecule has 1 aliphatic rings. The van der Waals surface area contributed by atoms with Gasteiger partial charge in [0.1, 0.15) is 0 Å². The second kappa shape index (κ2) is 5.29. The summed E-state index contributed by atoms with van der Waals surface area (Å²) in [6.45, 7) is 1.18. The Hall–Kier alpha value is -0.390. The number of thiophene rings is 1. The molecule has 0 bridgehead atoms. The average Bonchev–Trinajstić information content (AvgIpc) is 3.03. The van der Waals surface area contributed by atoms with E-state index in [1.165, 1.54) is 17.7 Å². The first-order valence-corrected chi connectivity index (χ1v) is 7.04. The normalized spacial score (nSPS) is 15.1. The summed E-state index contributed by atoms with van der Waals surface area (Å²) in [6.07, 6.45) is 2.33. The number of carbonyl (C=O) groups excluding carboxylic acids is 1. The molecule has 0 aromatic carbocycles. The van der Waals surface area contributed by atoms with Crippen molar-refractivity contribution in [2.75, 3.05) is 13.6 Å².